The third-order valence-corrected chi connectivity index (χ3v) is 4.35. The summed E-state index contributed by atoms with van der Waals surface area (Å²) < 4.78 is 14.5. The van der Waals surface area contributed by atoms with Crippen LogP contribution in [0.2, 0.25) is 0 Å². The first-order valence-corrected chi connectivity index (χ1v) is 7.82. The van der Waals surface area contributed by atoms with Gasteiger partial charge in [0.1, 0.15) is 5.82 Å². The van der Waals surface area contributed by atoms with E-state index in [9.17, 15) is 9.18 Å². The highest BCUT2D eigenvalue weighted by Gasteiger charge is 2.11. The molecule has 0 unspecified atom stereocenters. The Labute approximate surface area is 138 Å². The zero-order valence-corrected chi connectivity index (χ0v) is 13.9. The van der Waals surface area contributed by atoms with Crippen LogP contribution in [0.3, 0.4) is 0 Å². The van der Waals surface area contributed by atoms with Crippen molar-refractivity contribution in [2.45, 2.75) is 0 Å². The van der Waals surface area contributed by atoms with E-state index in [1.165, 1.54) is 18.2 Å². The van der Waals surface area contributed by atoms with Gasteiger partial charge in [0.25, 0.3) is 0 Å². The predicted molar refractivity (Wildman–Crippen MR) is 89.2 cm³/mol. The molecule has 0 saturated heterocycles. The molecule has 0 aliphatic carbocycles. The molecule has 3 aromatic rings. The molecule has 0 saturated carbocycles. The summed E-state index contributed by atoms with van der Waals surface area (Å²) in [5, 5.41) is 2.05. The van der Waals surface area contributed by atoms with Gasteiger partial charge in [0.05, 0.1) is 4.47 Å². The van der Waals surface area contributed by atoms with Gasteiger partial charge in [-0.1, -0.05) is 34.1 Å². The highest BCUT2D eigenvalue weighted by molar-refractivity contribution is 9.10. The Hall–Kier alpha value is -1.52. The highest BCUT2D eigenvalue weighted by Crippen LogP contribution is 2.23. The predicted octanol–water partition coefficient (Wildman–Crippen LogP) is 5.73. The quantitative estimate of drug-likeness (QED) is 0.495. The summed E-state index contributed by atoms with van der Waals surface area (Å²) in [4.78, 5) is 12.5. The van der Waals surface area contributed by atoms with E-state index in [-0.39, 0.29) is 16.1 Å². The van der Waals surface area contributed by atoms with Crippen LogP contribution < -0.4 is 0 Å². The van der Waals surface area contributed by atoms with E-state index in [0.29, 0.717) is 11.1 Å². The Morgan fingerprint density at radius 2 is 1.43 bits per heavy atom. The molecule has 0 atom stereocenters. The Bertz CT molecular complexity index is 859. The van der Waals surface area contributed by atoms with Gasteiger partial charge in [-0.25, -0.2) is 4.39 Å². The lowest BCUT2D eigenvalue weighted by Gasteiger charge is -2.05. The molecule has 0 aliphatic rings. The van der Waals surface area contributed by atoms with Crippen molar-refractivity contribution >= 4 is 48.4 Å². The topological polar surface area (TPSA) is 17.1 Å². The normalized spacial score (nSPS) is 10.8. The van der Waals surface area contributed by atoms with Gasteiger partial charge in [0, 0.05) is 15.6 Å². The molecule has 4 heteroatoms. The van der Waals surface area contributed by atoms with E-state index in [1.807, 2.05) is 30.3 Å². The minimum atomic E-state index is -0.380. The fourth-order valence-corrected chi connectivity index (χ4v) is 2.92. The van der Waals surface area contributed by atoms with Gasteiger partial charge in [-0.15, -0.1) is 0 Å². The number of ketones is 1. The van der Waals surface area contributed by atoms with Gasteiger partial charge < -0.3 is 0 Å². The van der Waals surface area contributed by atoms with Crippen molar-refractivity contribution in [3.63, 3.8) is 0 Å². The summed E-state index contributed by atoms with van der Waals surface area (Å²) in [6, 6.07) is 15.7. The fraction of sp³-hybridized carbons (Fsp3) is 0. The number of carbonyl (C=O) groups is 1. The molecule has 0 spiro atoms. The number of fused-ring (bicyclic) bond motifs is 1. The van der Waals surface area contributed by atoms with E-state index < -0.39 is 0 Å². The van der Waals surface area contributed by atoms with Gasteiger partial charge in [-0.05, 0) is 63.1 Å². The third-order valence-electron chi connectivity index (χ3n) is 3.25. The lowest BCUT2D eigenvalue weighted by Crippen LogP contribution is -2.01. The van der Waals surface area contributed by atoms with Crippen LogP contribution >= 0.6 is 31.9 Å². The maximum absolute atomic E-state index is 13.2. The summed E-state index contributed by atoms with van der Waals surface area (Å²) in [5.41, 5.74) is 1.04. The van der Waals surface area contributed by atoms with E-state index in [1.54, 1.807) is 6.07 Å². The minimum absolute atomic E-state index is 0.125. The number of benzene rings is 3. The molecule has 0 heterocycles. The fourth-order valence-electron chi connectivity index (χ4n) is 2.16. The third kappa shape index (κ3) is 2.92. The summed E-state index contributed by atoms with van der Waals surface area (Å²) in [6.07, 6.45) is 0. The van der Waals surface area contributed by atoms with E-state index >= 15 is 0 Å². The number of carbonyl (C=O) groups excluding carboxylic acids is 1. The van der Waals surface area contributed by atoms with Crippen LogP contribution in [0.4, 0.5) is 4.39 Å². The minimum Gasteiger partial charge on any atom is -0.289 e. The van der Waals surface area contributed by atoms with Crippen molar-refractivity contribution in [1.82, 2.24) is 0 Å². The molecule has 0 N–H and O–H groups in total. The Kier molecular flexibility index (Phi) is 3.91. The van der Waals surface area contributed by atoms with Gasteiger partial charge in [-0.2, -0.15) is 0 Å². The highest BCUT2D eigenvalue weighted by atomic mass is 79.9. The van der Waals surface area contributed by atoms with Gasteiger partial charge in [-0.3, -0.25) is 4.79 Å². The average molecular weight is 408 g/mol. The van der Waals surface area contributed by atoms with Crippen LogP contribution in [0.15, 0.2) is 63.5 Å². The second-order valence-corrected chi connectivity index (χ2v) is 6.43. The van der Waals surface area contributed by atoms with Gasteiger partial charge >= 0.3 is 0 Å². The molecule has 0 radical (unpaired) electrons. The molecule has 0 aliphatic heterocycles. The van der Waals surface area contributed by atoms with Crippen molar-refractivity contribution in [3.8, 4) is 0 Å². The zero-order valence-electron chi connectivity index (χ0n) is 10.7. The molecule has 3 rings (SSSR count). The summed E-state index contributed by atoms with van der Waals surface area (Å²) in [6.45, 7) is 0. The molecule has 0 aromatic heterocycles. The van der Waals surface area contributed by atoms with E-state index in [0.717, 1.165) is 15.2 Å². The lowest BCUT2D eigenvalue weighted by atomic mass is 10.00. The van der Waals surface area contributed by atoms with Gasteiger partial charge in [0.15, 0.2) is 5.78 Å². The molecule has 0 fully saturated rings. The molecule has 21 heavy (non-hydrogen) atoms. The summed E-state index contributed by atoms with van der Waals surface area (Å²) in [5.74, 6) is -0.504. The largest absolute Gasteiger partial charge is 0.289 e. The first-order chi connectivity index (χ1) is 10.0. The van der Waals surface area contributed by atoms with Crippen molar-refractivity contribution in [3.05, 3.63) is 80.5 Å². The zero-order chi connectivity index (χ0) is 15.0. The number of halogens is 3. The molecule has 104 valence electrons. The Balaban J connectivity index is 2.04. The molecule has 3 aromatic carbocycles. The monoisotopic (exact) mass is 406 g/mol. The van der Waals surface area contributed by atoms with Crippen molar-refractivity contribution in [2.24, 2.45) is 0 Å². The summed E-state index contributed by atoms with van der Waals surface area (Å²) in [7, 11) is 0. The maximum atomic E-state index is 13.2. The van der Waals surface area contributed by atoms with Crippen LogP contribution in [0.25, 0.3) is 10.8 Å². The SMILES string of the molecule is O=C(c1ccc(F)c(Br)c1)c1ccc2cc(Br)ccc2c1. The first-order valence-electron chi connectivity index (χ1n) is 6.24. The van der Waals surface area contributed by atoms with Crippen molar-refractivity contribution in [2.75, 3.05) is 0 Å². The van der Waals surface area contributed by atoms with Crippen LogP contribution in [-0.4, -0.2) is 5.78 Å². The molecular formula is C17H9Br2FO. The van der Waals surface area contributed by atoms with Crippen LogP contribution in [0, 0.1) is 5.82 Å². The number of rotatable bonds is 2. The molecular weight excluding hydrogens is 399 g/mol. The molecule has 1 nitrogen and oxygen atoms in total. The average Bonchev–Trinajstić information content (AvgIpc) is 2.49. The number of hydrogen-bond acceptors (Lipinski definition) is 1. The van der Waals surface area contributed by atoms with Crippen LogP contribution in [0.1, 0.15) is 15.9 Å². The first kappa shape index (κ1) is 14.4. The second-order valence-electron chi connectivity index (χ2n) is 4.66. The van der Waals surface area contributed by atoms with Crippen LogP contribution in [0.5, 0.6) is 0 Å². The van der Waals surface area contributed by atoms with Crippen molar-refractivity contribution < 1.29 is 9.18 Å². The van der Waals surface area contributed by atoms with Crippen molar-refractivity contribution in [1.29, 1.82) is 0 Å². The number of hydrogen-bond donors (Lipinski definition) is 0. The van der Waals surface area contributed by atoms with E-state index in [2.05, 4.69) is 31.9 Å². The molecule has 0 amide bonds. The van der Waals surface area contributed by atoms with E-state index in [4.69, 9.17) is 0 Å². The second kappa shape index (κ2) is 5.70. The maximum Gasteiger partial charge on any atom is 0.193 e. The standard InChI is InChI=1S/C17H9Br2FO/c18-14-5-3-10-7-12(2-1-11(10)8-14)17(21)13-4-6-16(20)15(19)9-13/h1-9H. The smallest absolute Gasteiger partial charge is 0.193 e. The Morgan fingerprint density at radius 1 is 0.810 bits per heavy atom. The van der Waals surface area contributed by atoms with Crippen LogP contribution in [-0.2, 0) is 0 Å². The Morgan fingerprint density at radius 3 is 2.19 bits per heavy atom. The molecule has 0 bridgehead atoms. The van der Waals surface area contributed by atoms with Gasteiger partial charge in [0.2, 0.25) is 0 Å². The lowest BCUT2D eigenvalue weighted by molar-refractivity contribution is 0.103. The summed E-state index contributed by atoms with van der Waals surface area (Å²) >= 11 is 6.53.